The van der Waals surface area contributed by atoms with Crippen molar-refractivity contribution in [3.8, 4) is 0 Å². The molecule has 1 aliphatic heterocycles. The van der Waals surface area contributed by atoms with E-state index in [9.17, 15) is 4.79 Å². The summed E-state index contributed by atoms with van der Waals surface area (Å²) < 4.78 is 0. The Morgan fingerprint density at radius 1 is 1.37 bits per heavy atom. The zero-order valence-corrected chi connectivity index (χ0v) is 17.8. The summed E-state index contributed by atoms with van der Waals surface area (Å²) in [5.74, 6) is 0.746. The number of carbonyl (C=O) groups is 1. The lowest BCUT2D eigenvalue weighted by Crippen LogP contribution is -2.37. The normalized spacial score (nSPS) is 18.5. The van der Waals surface area contributed by atoms with E-state index in [1.807, 2.05) is 18.0 Å². The fourth-order valence-corrected chi connectivity index (χ4v) is 3.78. The fourth-order valence-electron chi connectivity index (χ4n) is 3.78. The number of carbonyl (C=O) groups excluding carboxylic acids is 1. The van der Waals surface area contributed by atoms with Gasteiger partial charge in [-0.15, -0.1) is 0 Å². The highest BCUT2D eigenvalue weighted by Gasteiger charge is 2.32. The molecule has 0 saturated heterocycles. The number of aliphatic imine (C=N–C) groups is 1. The quantitative estimate of drug-likeness (QED) is 0.681. The van der Waals surface area contributed by atoms with Crippen LogP contribution in [0.5, 0.6) is 0 Å². The topological polar surface area (TPSA) is 70.0 Å². The van der Waals surface area contributed by atoms with Crippen LogP contribution in [-0.4, -0.2) is 34.4 Å². The predicted octanol–water partition coefficient (Wildman–Crippen LogP) is 4.52. The van der Waals surface area contributed by atoms with E-state index in [0.717, 1.165) is 41.9 Å². The van der Waals surface area contributed by atoms with Crippen molar-refractivity contribution in [1.29, 1.82) is 0 Å². The molecule has 2 heterocycles. The van der Waals surface area contributed by atoms with Gasteiger partial charge in [0.2, 0.25) is 5.91 Å². The van der Waals surface area contributed by atoms with Crippen LogP contribution in [0, 0.1) is 0 Å². The van der Waals surface area contributed by atoms with Crippen molar-refractivity contribution in [3.05, 3.63) is 59.2 Å². The van der Waals surface area contributed by atoms with E-state index in [1.165, 1.54) is 30.5 Å². The smallest absolute Gasteiger partial charge is 0.247 e. The zero-order chi connectivity index (χ0) is 21.1. The van der Waals surface area contributed by atoms with Crippen molar-refractivity contribution in [2.75, 3.05) is 6.54 Å². The molecule has 0 radical (unpaired) electrons. The lowest BCUT2D eigenvalue weighted by atomic mass is 9.86. The number of hydrogen-bond donors (Lipinski definition) is 1. The molecule has 0 spiro atoms. The average Bonchev–Trinajstić information content (AvgIpc) is 3.53. The fraction of sp³-hybridized carbons (Fsp3) is 0.417. The molecule has 1 aromatic heterocycles. The minimum atomic E-state index is -0.180. The number of rotatable bonds is 7. The van der Waals surface area contributed by atoms with Crippen LogP contribution >= 0.6 is 0 Å². The maximum absolute atomic E-state index is 12.7. The van der Waals surface area contributed by atoms with E-state index in [2.05, 4.69) is 35.9 Å². The summed E-state index contributed by atoms with van der Waals surface area (Å²) in [5.41, 5.74) is 6.63. The van der Waals surface area contributed by atoms with E-state index in [-0.39, 0.29) is 12.5 Å². The van der Waals surface area contributed by atoms with Gasteiger partial charge < -0.3 is 5.32 Å². The van der Waals surface area contributed by atoms with Crippen molar-refractivity contribution in [3.63, 3.8) is 0 Å². The number of hydrazone groups is 1. The SMILES string of the molecule is C=C(N=C/C=C\C)NC(=O)CN1N=C(CC)c2nc(C3CC3)ccc2C1=C1CCC1. The van der Waals surface area contributed by atoms with E-state index in [1.54, 1.807) is 12.3 Å². The van der Waals surface area contributed by atoms with Crippen LogP contribution in [0.1, 0.15) is 75.2 Å². The molecule has 6 nitrogen and oxygen atoms in total. The lowest BCUT2D eigenvalue weighted by Gasteiger charge is -2.34. The third kappa shape index (κ3) is 4.27. The Kier molecular flexibility index (Phi) is 5.93. The van der Waals surface area contributed by atoms with Crippen molar-refractivity contribution in [1.82, 2.24) is 15.3 Å². The standard InChI is InChI=1S/C24H29N5O/c1-4-6-14-25-16(3)26-22(30)15-29-24(18-8-7-9-18)19-12-13-21(17-10-11-17)27-23(19)20(5-2)28-29/h4,6,12-14,17H,3,5,7-11,15H2,1-2H3,(H,26,30)/b6-4-,25-14?. The first-order valence-electron chi connectivity index (χ1n) is 10.8. The van der Waals surface area contributed by atoms with Gasteiger partial charge in [-0.05, 0) is 69.2 Å². The first kappa shape index (κ1) is 20.3. The van der Waals surface area contributed by atoms with Gasteiger partial charge in [0.05, 0.1) is 17.1 Å². The number of aromatic nitrogens is 1. The Bertz CT molecular complexity index is 975. The minimum Gasteiger partial charge on any atom is -0.310 e. The summed E-state index contributed by atoms with van der Waals surface area (Å²) in [5, 5.41) is 9.47. The second kappa shape index (κ2) is 8.78. The highest BCUT2D eigenvalue weighted by molar-refractivity contribution is 6.05. The zero-order valence-electron chi connectivity index (χ0n) is 17.8. The number of nitrogens with zero attached hydrogens (tertiary/aromatic N) is 4. The van der Waals surface area contributed by atoms with Crippen LogP contribution in [0.4, 0.5) is 0 Å². The molecule has 0 atom stereocenters. The van der Waals surface area contributed by atoms with Crippen LogP contribution in [0.25, 0.3) is 5.70 Å². The van der Waals surface area contributed by atoms with Gasteiger partial charge in [-0.25, -0.2) is 4.99 Å². The first-order chi connectivity index (χ1) is 14.6. The molecule has 2 saturated carbocycles. The summed E-state index contributed by atoms with van der Waals surface area (Å²) in [4.78, 5) is 21.8. The average molecular weight is 404 g/mol. The summed E-state index contributed by atoms with van der Waals surface area (Å²) in [6, 6.07) is 4.34. The summed E-state index contributed by atoms with van der Waals surface area (Å²) in [6.07, 6.45) is 11.8. The van der Waals surface area contributed by atoms with E-state index < -0.39 is 0 Å². The minimum absolute atomic E-state index is 0.129. The maximum atomic E-state index is 12.7. The van der Waals surface area contributed by atoms with E-state index in [0.29, 0.717) is 11.7 Å². The Balaban J connectivity index is 1.60. The summed E-state index contributed by atoms with van der Waals surface area (Å²) >= 11 is 0. The molecule has 0 bridgehead atoms. The van der Waals surface area contributed by atoms with Crippen LogP contribution in [0.15, 0.2) is 52.4 Å². The lowest BCUT2D eigenvalue weighted by molar-refractivity contribution is -0.120. The van der Waals surface area contributed by atoms with Gasteiger partial charge in [0.15, 0.2) is 0 Å². The van der Waals surface area contributed by atoms with Gasteiger partial charge in [-0.3, -0.25) is 14.8 Å². The Labute approximate surface area is 178 Å². The molecule has 1 N–H and O–H groups in total. The molecule has 0 unspecified atom stereocenters. The molecule has 3 aliphatic rings. The van der Waals surface area contributed by atoms with Gasteiger partial charge >= 0.3 is 0 Å². The Hall–Kier alpha value is -3.02. The van der Waals surface area contributed by atoms with Gasteiger partial charge in [0.1, 0.15) is 12.4 Å². The molecule has 2 aliphatic carbocycles. The van der Waals surface area contributed by atoms with Gasteiger partial charge in [0.25, 0.3) is 0 Å². The maximum Gasteiger partial charge on any atom is 0.247 e. The molecule has 156 valence electrons. The predicted molar refractivity (Wildman–Crippen MR) is 121 cm³/mol. The molecule has 0 aromatic carbocycles. The Morgan fingerprint density at radius 3 is 2.80 bits per heavy atom. The molecular formula is C24H29N5O. The number of nitrogens with one attached hydrogen (secondary N) is 1. The summed E-state index contributed by atoms with van der Waals surface area (Å²) in [6.45, 7) is 7.92. The molecule has 4 rings (SSSR count). The Morgan fingerprint density at radius 2 is 2.17 bits per heavy atom. The van der Waals surface area contributed by atoms with Crippen LogP contribution in [0.2, 0.25) is 0 Å². The number of fused-ring (bicyclic) bond motifs is 1. The number of pyridine rings is 1. The van der Waals surface area contributed by atoms with Crippen molar-refractivity contribution >= 4 is 23.5 Å². The molecule has 6 heteroatoms. The number of hydrogen-bond acceptors (Lipinski definition) is 5. The second-order valence-corrected chi connectivity index (χ2v) is 7.97. The van der Waals surface area contributed by atoms with Gasteiger partial charge in [-0.2, -0.15) is 5.10 Å². The summed E-state index contributed by atoms with van der Waals surface area (Å²) in [7, 11) is 0. The number of allylic oxidation sites excluding steroid dienone is 3. The number of amides is 1. The molecule has 30 heavy (non-hydrogen) atoms. The first-order valence-corrected chi connectivity index (χ1v) is 10.8. The monoisotopic (exact) mass is 403 g/mol. The van der Waals surface area contributed by atoms with Crippen molar-refractivity contribution in [2.24, 2.45) is 10.1 Å². The third-order valence-corrected chi connectivity index (χ3v) is 5.65. The molecule has 1 amide bonds. The van der Waals surface area contributed by atoms with Crippen LogP contribution < -0.4 is 5.32 Å². The van der Waals surface area contributed by atoms with Crippen molar-refractivity contribution < 1.29 is 4.79 Å². The molecule has 2 fully saturated rings. The van der Waals surface area contributed by atoms with Gasteiger partial charge in [0, 0.05) is 23.4 Å². The molecular weight excluding hydrogens is 374 g/mol. The van der Waals surface area contributed by atoms with Crippen molar-refractivity contribution in [2.45, 2.75) is 58.3 Å². The van der Waals surface area contributed by atoms with E-state index >= 15 is 0 Å². The van der Waals surface area contributed by atoms with E-state index in [4.69, 9.17) is 10.1 Å². The highest BCUT2D eigenvalue weighted by atomic mass is 16.2. The van der Waals surface area contributed by atoms with Crippen LogP contribution in [-0.2, 0) is 4.79 Å². The van der Waals surface area contributed by atoms with Gasteiger partial charge in [-0.1, -0.05) is 19.6 Å². The van der Waals surface area contributed by atoms with Crippen LogP contribution in [0.3, 0.4) is 0 Å². The largest absolute Gasteiger partial charge is 0.310 e. The third-order valence-electron chi connectivity index (χ3n) is 5.65. The molecule has 1 aromatic rings. The highest BCUT2D eigenvalue weighted by Crippen LogP contribution is 2.42. The second-order valence-electron chi connectivity index (χ2n) is 7.97.